The summed E-state index contributed by atoms with van der Waals surface area (Å²) < 4.78 is 0. The molecule has 20 heavy (non-hydrogen) atoms. The van der Waals surface area contributed by atoms with E-state index in [0.717, 1.165) is 12.5 Å². The Labute approximate surface area is 124 Å². The van der Waals surface area contributed by atoms with E-state index >= 15 is 0 Å². The molecule has 1 saturated heterocycles. The van der Waals surface area contributed by atoms with Crippen molar-refractivity contribution in [2.45, 2.75) is 65.6 Å². The maximum absolute atomic E-state index is 3.54. The lowest BCUT2D eigenvalue weighted by Gasteiger charge is -2.38. The smallest absolute Gasteiger partial charge is 0.0368 e. The summed E-state index contributed by atoms with van der Waals surface area (Å²) in [7, 11) is 0. The Bertz CT molecular complexity index is 416. The molecule has 1 aromatic rings. The van der Waals surface area contributed by atoms with E-state index in [0.29, 0.717) is 6.04 Å². The molecule has 2 atom stereocenters. The van der Waals surface area contributed by atoms with E-state index in [1.807, 2.05) is 0 Å². The number of benzene rings is 1. The highest BCUT2D eigenvalue weighted by Crippen LogP contribution is 2.27. The van der Waals surface area contributed by atoms with Gasteiger partial charge in [0.2, 0.25) is 0 Å². The fourth-order valence-electron chi connectivity index (χ4n) is 2.82. The average molecular weight is 274 g/mol. The van der Waals surface area contributed by atoms with Crippen molar-refractivity contribution in [3.05, 3.63) is 29.8 Å². The minimum absolute atomic E-state index is 0.176. The van der Waals surface area contributed by atoms with Gasteiger partial charge in [-0.3, -0.25) is 0 Å². The van der Waals surface area contributed by atoms with Gasteiger partial charge in [0, 0.05) is 30.4 Å². The van der Waals surface area contributed by atoms with E-state index < -0.39 is 0 Å². The number of piperidine rings is 1. The summed E-state index contributed by atoms with van der Waals surface area (Å²) in [4.78, 5) is 2.56. The highest BCUT2D eigenvalue weighted by atomic mass is 15.2. The first-order valence-corrected chi connectivity index (χ1v) is 7.96. The highest BCUT2D eigenvalue weighted by Gasteiger charge is 2.22. The van der Waals surface area contributed by atoms with Gasteiger partial charge in [0.05, 0.1) is 0 Å². The topological polar surface area (TPSA) is 15.3 Å². The molecule has 1 heterocycles. The van der Waals surface area contributed by atoms with Gasteiger partial charge >= 0.3 is 0 Å². The van der Waals surface area contributed by atoms with Gasteiger partial charge in [-0.2, -0.15) is 0 Å². The third-order valence-corrected chi connectivity index (χ3v) is 4.21. The van der Waals surface area contributed by atoms with Gasteiger partial charge in [-0.15, -0.1) is 0 Å². The SMILES string of the molecule is CC1CCC(C)N(c2ccc(CNC(C)(C)C)cc2)C1. The first-order chi connectivity index (χ1) is 9.35. The molecule has 0 spiro atoms. The quantitative estimate of drug-likeness (QED) is 0.888. The van der Waals surface area contributed by atoms with Crippen LogP contribution in [0.15, 0.2) is 24.3 Å². The molecule has 0 bridgehead atoms. The Morgan fingerprint density at radius 3 is 2.35 bits per heavy atom. The van der Waals surface area contributed by atoms with Crippen LogP contribution in [0.25, 0.3) is 0 Å². The van der Waals surface area contributed by atoms with Crippen LogP contribution < -0.4 is 10.2 Å². The Kier molecular flexibility index (Phi) is 4.74. The van der Waals surface area contributed by atoms with Crippen molar-refractivity contribution in [1.29, 1.82) is 0 Å². The highest BCUT2D eigenvalue weighted by molar-refractivity contribution is 5.49. The number of anilines is 1. The summed E-state index contributed by atoms with van der Waals surface area (Å²) >= 11 is 0. The monoisotopic (exact) mass is 274 g/mol. The number of hydrogen-bond acceptors (Lipinski definition) is 2. The molecule has 1 N–H and O–H groups in total. The summed E-state index contributed by atoms with van der Waals surface area (Å²) in [6.45, 7) is 13.5. The van der Waals surface area contributed by atoms with E-state index in [1.54, 1.807) is 0 Å². The summed E-state index contributed by atoms with van der Waals surface area (Å²) in [5.74, 6) is 0.813. The second-order valence-electron chi connectivity index (χ2n) is 7.45. The molecule has 0 radical (unpaired) electrons. The standard InChI is InChI=1S/C18H30N2/c1-14-6-7-15(2)20(13-14)17-10-8-16(9-11-17)12-19-18(3,4)5/h8-11,14-15,19H,6-7,12-13H2,1-5H3. The normalized spacial score (nSPS) is 23.9. The van der Waals surface area contributed by atoms with Crippen LogP contribution >= 0.6 is 0 Å². The zero-order valence-electron chi connectivity index (χ0n) is 13.7. The van der Waals surface area contributed by atoms with Gasteiger partial charge in [-0.05, 0) is 64.2 Å². The average Bonchev–Trinajstić information content (AvgIpc) is 2.39. The molecule has 2 rings (SSSR count). The van der Waals surface area contributed by atoms with Crippen molar-refractivity contribution in [2.24, 2.45) is 5.92 Å². The molecule has 0 aromatic heterocycles. The second-order valence-corrected chi connectivity index (χ2v) is 7.45. The Hall–Kier alpha value is -1.02. The van der Waals surface area contributed by atoms with Crippen LogP contribution in [0.1, 0.15) is 53.0 Å². The molecule has 1 fully saturated rings. The molecule has 0 amide bonds. The van der Waals surface area contributed by atoms with Gasteiger partial charge in [0.1, 0.15) is 0 Å². The van der Waals surface area contributed by atoms with Crippen LogP contribution in [0.2, 0.25) is 0 Å². The first-order valence-electron chi connectivity index (χ1n) is 7.96. The van der Waals surface area contributed by atoms with Gasteiger partial charge in [-0.1, -0.05) is 19.1 Å². The van der Waals surface area contributed by atoms with E-state index in [9.17, 15) is 0 Å². The Balaban J connectivity index is 2.00. The van der Waals surface area contributed by atoms with E-state index in [2.05, 4.69) is 69.1 Å². The van der Waals surface area contributed by atoms with Gasteiger partial charge in [0.25, 0.3) is 0 Å². The molecular weight excluding hydrogens is 244 g/mol. The van der Waals surface area contributed by atoms with Gasteiger partial charge in [-0.25, -0.2) is 0 Å². The van der Waals surface area contributed by atoms with Crippen molar-refractivity contribution >= 4 is 5.69 Å². The number of rotatable bonds is 3. The number of nitrogens with one attached hydrogen (secondary N) is 1. The fraction of sp³-hybridized carbons (Fsp3) is 0.667. The first kappa shape index (κ1) is 15.4. The lowest BCUT2D eigenvalue weighted by atomic mass is 9.94. The fourth-order valence-corrected chi connectivity index (χ4v) is 2.82. The summed E-state index contributed by atoms with van der Waals surface area (Å²) in [6.07, 6.45) is 2.68. The Morgan fingerprint density at radius 1 is 1.10 bits per heavy atom. The van der Waals surface area contributed by atoms with Crippen LogP contribution in [0.4, 0.5) is 5.69 Å². The lowest BCUT2D eigenvalue weighted by molar-refractivity contribution is 0.390. The van der Waals surface area contributed by atoms with Crippen molar-refractivity contribution in [2.75, 3.05) is 11.4 Å². The minimum atomic E-state index is 0.176. The molecule has 2 nitrogen and oxygen atoms in total. The number of nitrogens with zero attached hydrogens (tertiary/aromatic N) is 1. The predicted molar refractivity (Wildman–Crippen MR) is 88.2 cm³/mol. The van der Waals surface area contributed by atoms with Crippen LogP contribution in [0.3, 0.4) is 0 Å². The molecule has 0 saturated carbocycles. The van der Waals surface area contributed by atoms with Crippen LogP contribution in [-0.4, -0.2) is 18.1 Å². The molecule has 112 valence electrons. The third kappa shape index (κ3) is 4.24. The molecule has 1 aliphatic rings. The zero-order valence-corrected chi connectivity index (χ0v) is 13.7. The van der Waals surface area contributed by atoms with E-state index in [-0.39, 0.29) is 5.54 Å². The molecule has 2 heteroatoms. The van der Waals surface area contributed by atoms with Crippen molar-refractivity contribution in [3.63, 3.8) is 0 Å². The summed E-state index contributed by atoms with van der Waals surface area (Å²) in [5, 5.41) is 3.54. The summed E-state index contributed by atoms with van der Waals surface area (Å²) in [6, 6.07) is 9.77. The van der Waals surface area contributed by atoms with Crippen LogP contribution in [0.5, 0.6) is 0 Å². The maximum Gasteiger partial charge on any atom is 0.0368 e. The predicted octanol–water partition coefficient (Wildman–Crippen LogP) is 4.20. The Morgan fingerprint density at radius 2 is 1.75 bits per heavy atom. The van der Waals surface area contributed by atoms with Gasteiger partial charge < -0.3 is 10.2 Å². The molecule has 0 aliphatic carbocycles. The second kappa shape index (κ2) is 6.17. The molecular formula is C18H30N2. The third-order valence-electron chi connectivity index (χ3n) is 4.21. The van der Waals surface area contributed by atoms with E-state index in [1.165, 1.54) is 30.6 Å². The maximum atomic E-state index is 3.54. The van der Waals surface area contributed by atoms with Crippen molar-refractivity contribution in [3.8, 4) is 0 Å². The van der Waals surface area contributed by atoms with Crippen molar-refractivity contribution < 1.29 is 0 Å². The molecule has 1 aromatic carbocycles. The molecule has 1 aliphatic heterocycles. The van der Waals surface area contributed by atoms with E-state index in [4.69, 9.17) is 0 Å². The minimum Gasteiger partial charge on any atom is -0.369 e. The zero-order chi connectivity index (χ0) is 14.8. The lowest BCUT2D eigenvalue weighted by Crippen LogP contribution is -2.41. The van der Waals surface area contributed by atoms with Gasteiger partial charge in [0.15, 0.2) is 0 Å². The summed E-state index contributed by atoms with van der Waals surface area (Å²) in [5.41, 5.74) is 2.92. The van der Waals surface area contributed by atoms with Crippen molar-refractivity contribution in [1.82, 2.24) is 5.32 Å². The van der Waals surface area contributed by atoms with Crippen LogP contribution in [-0.2, 0) is 6.54 Å². The number of hydrogen-bond donors (Lipinski definition) is 1. The van der Waals surface area contributed by atoms with Crippen LogP contribution in [0, 0.1) is 5.92 Å². The largest absolute Gasteiger partial charge is 0.369 e. The molecule has 2 unspecified atom stereocenters.